The van der Waals surface area contributed by atoms with E-state index in [0.717, 1.165) is 19.4 Å². The lowest BCUT2D eigenvalue weighted by Gasteiger charge is -2.09. The average Bonchev–Trinajstić information content (AvgIpc) is 2.64. The monoisotopic (exact) mass is 360 g/mol. The molecule has 2 aromatic rings. The van der Waals surface area contributed by atoms with Crippen LogP contribution in [0.2, 0.25) is 0 Å². The maximum atomic E-state index is 10.1. The maximum absolute atomic E-state index is 10.1. The fraction of sp³-hybridized carbons (Fsp3) is 0.167. The van der Waals surface area contributed by atoms with Gasteiger partial charge in [-0.05, 0) is 45.1 Å². The van der Waals surface area contributed by atoms with Crippen molar-refractivity contribution >= 4 is 43.2 Å². The lowest BCUT2D eigenvalue weighted by Crippen LogP contribution is -2.00. The highest BCUT2D eigenvalue weighted by Crippen LogP contribution is 2.31. The lowest BCUT2D eigenvalue weighted by molar-refractivity contribution is 0.181. The smallest absolute Gasteiger partial charge is 0.0933 e. The third-order valence-corrected chi connectivity index (χ3v) is 4.73. The van der Waals surface area contributed by atoms with E-state index in [1.54, 1.807) is 11.3 Å². The van der Waals surface area contributed by atoms with Crippen molar-refractivity contribution in [2.45, 2.75) is 12.5 Å². The molecule has 2 rings (SSSR count). The summed E-state index contributed by atoms with van der Waals surface area (Å²) in [5.41, 5.74) is 1.13. The minimum absolute atomic E-state index is 0.441. The van der Waals surface area contributed by atoms with Crippen LogP contribution in [-0.2, 0) is 6.42 Å². The Balaban J connectivity index is 2.14. The minimum Gasteiger partial charge on any atom is -0.387 e. The van der Waals surface area contributed by atoms with Gasteiger partial charge in [0.2, 0.25) is 0 Å². The summed E-state index contributed by atoms with van der Waals surface area (Å²) in [6.07, 6.45) is 0.196. The molecule has 1 aromatic carbocycles. The molecular formula is C12H10Br2OS. The second-order valence-corrected chi connectivity index (χ2v) is 6.20. The first-order valence-electron chi connectivity index (χ1n) is 4.82. The first kappa shape index (κ1) is 12.3. The minimum atomic E-state index is -0.441. The molecule has 0 bridgehead atoms. The van der Waals surface area contributed by atoms with Gasteiger partial charge in [0.25, 0.3) is 0 Å². The number of aliphatic hydroxyl groups is 1. The van der Waals surface area contributed by atoms with Crippen molar-refractivity contribution in [1.82, 2.24) is 0 Å². The zero-order valence-electron chi connectivity index (χ0n) is 8.36. The van der Waals surface area contributed by atoms with Gasteiger partial charge in [-0.2, -0.15) is 0 Å². The Morgan fingerprint density at radius 1 is 1.25 bits per heavy atom. The van der Waals surface area contributed by atoms with Crippen LogP contribution in [0, 0.1) is 0 Å². The van der Waals surface area contributed by atoms with E-state index in [1.165, 1.54) is 0 Å². The van der Waals surface area contributed by atoms with Crippen molar-refractivity contribution < 1.29 is 5.11 Å². The Bertz CT molecular complexity index is 481. The summed E-state index contributed by atoms with van der Waals surface area (Å²) < 4.78 is 2.03. The topological polar surface area (TPSA) is 20.2 Å². The molecule has 0 radical (unpaired) electrons. The van der Waals surface area contributed by atoms with E-state index in [4.69, 9.17) is 0 Å². The standard InChI is InChI=1S/C12H10Br2OS/c13-9-3-1-2-8(6-9)7-11(15)12-10(14)4-5-16-12/h1-6,11,15H,7H2. The molecule has 0 saturated carbocycles. The van der Waals surface area contributed by atoms with Crippen molar-refractivity contribution in [1.29, 1.82) is 0 Å². The molecule has 0 aliphatic heterocycles. The van der Waals surface area contributed by atoms with Crippen LogP contribution in [0.3, 0.4) is 0 Å². The van der Waals surface area contributed by atoms with Gasteiger partial charge >= 0.3 is 0 Å². The molecular weight excluding hydrogens is 352 g/mol. The van der Waals surface area contributed by atoms with Crippen LogP contribution < -0.4 is 0 Å². The first-order chi connectivity index (χ1) is 7.66. The van der Waals surface area contributed by atoms with Gasteiger partial charge in [0, 0.05) is 20.2 Å². The van der Waals surface area contributed by atoms with Gasteiger partial charge in [-0.1, -0.05) is 28.1 Å². The van der Waals surface area contributed by atoms with Crippen molar-refractivity contribution in [3.05, 3.63) is 55.1 Å². The molecule has 0 fully saturated rings. The van der Waals surface area contributed by atoms with E-state index in [9.17, 15) is 5.11 Å². The van der Waals surface area contributed by atoms with Crippen LogP contribution in [0.15, 0.2) is 44.7 Å². The molecule has 0 aliphatic rings. The van der Waals surface area contributed by atoms with Gasteiger partial charge in [-0.3, -0.25) is 0 Å². The number of halogens is 2. The van der Waals surface area contributed by atoms with Gasteiger partial charge < -0.3 is 5.11 Å². The van der Waals surface area contributed by atoms with Crippen LogP contribution in [0.1, 0.15) is 16.5 Å². The molecule has 1 nitrogen and oxygen atoms in total. The Hall–Kier alpha value is -0.160. The molecule has 1 aromatic heterocycles. The molecule has 1 N–H and O–H groups in total. The van der Waals surface area contributed by atoms with Crippen molar-refractivity contribution in [3.63, 3.8) is 0 Å². The van der Waals surface area contributed by atoms with Crippen molar-refractivity contribution in [3.8, 4) is 0 Å². The Morgan fingerprint density at radius 2 is 2.06 bits per heavy atom. The van der Waals surface area contributed by atoms with Gasteiger partial charge in [0.15, 0.2) is 0 Å². The van der Waals surface area contributed by atoms with Crippen molar-refractivity contribution in [2.24, 2.45) is 0 Å². The van der Waals surface area contributed by atoms with Crippen LogP contribution in [0.4, 0.5) is 0 Å². The summed E-state index contributed by atoms with van der Waals surface area (Å²) in [7, 11) is 0. The summed E-state index contributed by atoms with van der Waals surface area (Å²) in [5.74, 6) is 0. The summed E-state index contributed by atoms with van der Waals surface area (Å²) in [6.45, 7) is 0. The van der Waals surface area contributed by atoms with E-state index in [0.29, 0.717) is 6.42 Å². The summed E-state index contributed by atoms with van der Waals surface area (Å²) >= 11 is 8.44. The molecule has 1 atom stereocenters. The zero-order chi connectivity index (χ0) is 11.5. The number of rotatable bonds is 3. The Kier molecular flexibility index (Phi) is 4.19. The fourth-order valence-electron chi connectivity index (χ4n) is 1.52. The third-order valence-electron chi connectivity index (χ3n) is 2.27. The predicted octanol–water partition coefficient (Wildman–Crippen LogP) is 4.55. The molecule has 84 valence electrons. The second kappa shape index (κ2) is 5.45. The second-order valence-electron chi connectivity index (χ2n) is 3.48. The third kappa shape index (κ3) is 2.94. The van der Waals surface area contributed by atoms with E-state index < -0.39 is 6.10 Å². The van der Waals surface area contributed by atoms with Crippen LogP contribution in [0.25, 0.3) is 0 Å². The van der Waals surface area contributed by atoms with Gasteiger partial charge in [0.1, 0.15) is 0 Å². The highest BCUT2D eigenvalue weighted by molar-refractivity contribution is 9.10. The predicted molar refractivity (Wildman–Crippen MR) is 74.8 cm³/mol. The van der Waals surface area contributed by atoms with E-state index in [2.05, 4.69) is 31.9 Å². The molecule has 0 saturated heterocycles. The van der Waals surface area contributed by atoms with E-state index in [1.807, 2.05) is 35.7 Å². The van der Waals surface area contributed by atoms with Crippen molar-refractivity contribution in [2.75, 3.05) is 0 Å². The van der Waals surface area contributed by atoms with E-state index >= 15 is 0 Å². The van der Waals surface area contributed by atoms with Crippen LogP contribution >= 0.6 is 43.2 Å². The summed E-state index contributed by atoms with van der Waals surface area (Å²) in [4.78, 5) is 0.986. The zero-order valence-corrected chi connectivity index (χ0v) is 12.3. The molecule has 0 amide bonds. The molecule has 1 heterocycles. The Morgan fingerprint density at radius 3 is 2.69 bits per heavy atom. The van der Waals surface area contributed by atoms with Gasteiger partial charge in [0.05, 0.1) is 6.10 Å². The van der Waals surface area contributed by atoms with Gasteiger partial charge in [-0.25, -0.2) is 0 Å². The molecule has 16 heavy (non-hydrogen) atoms. The first-order valence-corrected chi connectivity index (χ1v) is 7.29. The quantitative estimate of drug-likeness (QED) is 0.850. The number of hydrogen-bond donors (Lipinski definition) is 1. The maximum Gasteiger partial charge on any atom is 0.0933 e. The number of benzene rings is 1. The Labute approximate surface area is 115 Å². The van der Waals surface area contributed by atoms with Crippen LogP contribution in [-0.4, -0.2) is 5.11 Å². The SMILES string of the molecule is OC(Cc1cccc(Br)c1)c1sccc1Br. The number of hydrogen-bond acceptors (Lipinski definition) is 2. The molecule has 1 unspecified atom stereocenters. The summed E-state index contributed by atoms with van der Waals surface area (Å²) in [6, 6.07) is 9.98. The largest absolute Gasteiger partial charge is 0.387 e. The summed E-state index contributed by atoms with van der Waals surface area (Å²) in [5, 5.41) is 12.1. The average molecular weight is 362 g/mol. The highest BCUT2D eigenvalue weighted by Gasteiger charge is 2.13. The fourth-order valence-corrected chi connectivity index (χ4v) is 3.59. The normalized spacial score (nSPS) is 12.7. The molecule has 4 heteroatoms. The van der Waals surface area contributed by atoms with Gasteiger partial charge in [-0.15, -0.1) is 11.3 Å². The lowest BCUT2D eigenvalue weighted by atomic mass is 10.1. The van der Waals surface area contributed by atoms with E-state index in [-0.39, 0.29) is 0 Å². The molecule has 0 spiro atoms. The van der Waals surface area contributed by atoms with Crippen LogP contribution in [0.5, 0.6) is 0 Å². The highest BCUT2D eigenvalue weighted by atomic mass is 79.9. The molecule has 0 aliphatic carbocycles. The number of aliphatic hydroxyl groups excluding tert-OH is 1. The number of thiophene rings is 1.